The highest BCUT2D eigenvalue weighted by molar-refractivity contribution is 5.89. The van der Waals surface area contributed by atoms with Crippen LogP contribution in [0.5, 0.6) is 0 Å². The number of carboxylic acids is 1. The van der Waals surface area contributed by atoms with E-state index in [2.05, 4.69) is 15.5 Å². The molecule has 7 heteroatoms. The SMILES string of the molecule is CC(Nc1cc(C(=O)O)c(F)cc1F)c1ccn[nH]1. The number of aromatic nitrogens is 2. The first-order chi connectivity index (χ1) is 8.99. The minimum atomic E-state index is -1.45. The molecule has 0 spiro atoms. The Kier molecular flexibility index (Phi) is 3.46. The Hall–Kier alpha value is -2.44. The Bertz CT molecular complexity index is 599. The summed E-state index contributed by atoms with van der Waals surface area (Å²) in [6.45, 7) is 1.73. The van der Waals surface area contributed by atoms with E-state index in [0.29, 0.717) is 11.8 Å². The van der Waals surface area contributed by atoms with Gasteiger partial charge in [0.1, 0.15) is 11.6 Å². The van der Waals surface area contributed by atoms with E-state index in [-0.39, 0.29) is 11.7 Å². The van der Waals surface area contributed by atoms with Gasteiger partial charge in [0, 0.05) is 12.3 Å². The van der Waals surface area contributed by atoms with Crippen LogP contribution in [0.3, 0.4) is 0 Å². The lowest BCUT2D eigenvalue weighted by molar-refractivity contribution is 0.0692. The topological polar surface area (TPSA) is 78.0 Å². The first-order valence-electron chi connectivity index (χ1n) is 5.47. The molecule has 1 aromatic carbocycles. The quantitative estimate of drug-likeness (QED) is 0.795. The van der Waals surface area contributed by atoms with Gasteiger partial charge in [-0.15, -0.1) is 0 Å². The van der Waals surface area contributed by atoms with Crippen molar-refractivity contribution < 1.29 is 18.7 Å². The van der Waals surface area contributed by atoms with Gasteiger partial charge in [-0.05, 0) is 19.1 Å². The molecule has 1 atom stereocenters. The number of rotatable bonds is 4. The Morgan fingerprint density at radius 1 is 1.42 bits per heavy atom. The van der Waals surface area contributed by atoms with E-state index in [1.807, 2.05) is 0 Å². The van der Waals surface area contributed by atoms with Crippen molar-refractivity contribution in [2.45, 2.75) is 13.0 Å². The molecule has 0 aliphatic carbocycles. The second kappa shape index (κ2) is 5.05. The standard InChI is InChI=1S/C12H11F2N3O2/c1-6(10-2-3-15-17-10)16-11-4-7(12(18)19)8(13)5-9(11)14/h2-6,16H,1H3,(H,15,17)(H,18,19). The molecule has 0 radical (unpaired) electrons. The van der Waals surface area contributed by atoms with Crippen LogP contribution in [0.4, 0.5) is 14.5 Å². The van der Waals surface area contributed by atoms with Crippen LogP contribution in [0.1, 0.15) is 29.0 Å². The van der Waals surface area contributed by atoms with E-state index >= 15 is 0 Å². The third-order valence-corrected chi connectivity index (χ3v) is 2.65. The predicted octanol–water partition coefficient (Wildman–Crippen LogP) is 2.56. The molecule has 0 bridgehead atoms. The van der Waals surface area contributed by atoms with Crippen LogP contribution in [0.15, 0.2) is 24.4 Å². The minimum absolute atomic E-state index is 0.0825. The predicted molar refractivity (Wildman–Crippen MR) is 63.9 cm³/mol. The number of aromatic carboxylic acids is 1. The van der Waals surface area contributed by atoms with Crippen molar-refractivity contribution in [1.82, 2.24) is 10.2 Å². The smallest absolute Gasteiger partial charge is 0.338 e. The van der Waals surface area contributed by atoms with Crippen molar-refractivity contribution in [2.75, 3.05) is 5.32 Å². The van der Waals surface area contributed by atoms with Gasteiger partial charge in [-0.1, -0.05) is 0 Å². The Labute approximate surface area is 107 Å². The van der Waals surface area contributed by atoms with Crippen LogP contribution < -0.4 is 5.32 Å². The molecule has 5 nitrogen and oxygen atoms in total. The number of hydrogen-bond donors (Lipinski definition) is 3. The lowest BCUT2D eigenvalue weighted by Crippen LogP contribution is -2.11. The number of halogens is 2. The van der Waals surface area contributed by atoms with Gasteiger partial charge < -0.3 is 10.4 Å². The van der Waals surface area contributed by atoms with Crippen molar-refractivity contribution in [1.29, 1.82) is 0 Å². The van der Waals surface area contributed by atoms with Crippen LogP contribution >= 0.6 is 0 Å². The number of aromatic amines is 1. The molecule has 0 amide bonds. The molecule has 2 rings (SSSR count). The third kappa shape index (κ3) is 2.70. The van der Waals surface area contributed by atoms with Crippen LogP contribution in [0.25, 0.3) is 0 Å². The number of nitrogens with zero attached hydrogens (tertiary/aromatic N) is 1. The van der Waals surface area contributed by atoms with Gasteiger partial charge >= 0.3 is 5.97 Å². The number of benzene rings is 1. The molecular weight excluding hydrogens is 256 g/mol. The highest BCUT2D eigenvalue weighted by Crippen LogP contribution is 2.23. The Morgan fingerprint density at radius 3 is 2.74 bits per heavy atom. The fourth-order valence-electron chi connectivity index (χ4n) is 1.64. The van der Waals surface area contributed by atoms with Gasteiger partial charge in [0.25, 0.3) is 0 Å². The summed E-state index contributed by atoms with van der Waals surface area (Å²) < 4.78 is 26.8. The fourth-order valence-corrected chi connectivity index (χ4v) is 1.64. The summed E-state index contributed by atoms with van der Waals surface area (Å²) in [7, 11) is 0. The number of nitrogens with one attached hydrogen (secondary N) is 2. The minimum Gasteiger partial charge on any atom is -0.478 e. The average Bonchev–Trinajstić information content (AvgIpc) is 2.85. The molecule has 1 heterocycles. The molecule has 0 saturated heterocycles. The van der Waals surface area contributed by atoms with Gasteiger partial charge in [-0.3, -0.25) is 5.10 Å². The molecule has 2 aromatic rings. The zero-order valence-electron chi connectivity index (χ0n) is 9.95. The summed E-state index contributed by atoms with van der Waals surface area (Å²) in [5.74, 6) is -3.41. The van der Waals surface area contributed by atoms with E-state index in [9.17, 15) is 13.6 Å². The second-order valence-electron chi connectivity index (χ2n) is 4.00. The lowest BCUT2D eigenvalue weighted by atomic mass is 10.1. The maximum Gasteiger partial charge on any atom is 0.338 e. The first-order valence-corrected chi connectivity index (χ1v) is 5.47. The van der Waals surface area contributed by atoms with Gasteiger partial charge in [-0.25, -0.2) is 13.6 Å². The summed E-state index contributed by atoms with van der Waals surface area (Å²) in [5.41, 5.74) is 0.0298. The monoisotopic (exact) mass is 267 g/mol. The molecule has 100 valence electrons. The number of carbonyl (C=O) groups is 1. The summed E-state index contributed by atoms with van der Waals surface area (Å²) in [6.07, 6.45) is 1.54. The van der Waals surface area contributed by atoms with Crippen molar-refractivity contribution in [3.05, 3.63) is 47.3 Å². The van der Waals surface area contributed by atoms with E-state index in [4.69, 9.17) is 5.11 Å². The highest BCUT2D eigenvalue weighted by Gasteiger charge is 2.17. The fraction of sp³-hybridized carbons (Fsp3) is 0.167. The van der Waals surface area contributed by atoms with Gasteiger partial charge in [0.2, 0.25) is 0 Å². The molecule has 19 heavy (non-hydrogen) atoms. The number of hydrogen-bond acceptors (Lipinski definition) is 3. The lowest BCUT2D eigenvalue weighted by Gasteiger charge is -2.15. The molecule has 1 unspecified atom stereocenters. The number of carboxylic acid groups (broad SMARTS) is 1. The van der Waals surface area contributed by atoms with E-state index in [0.717, 1.165) is 6.07 Å². The van der Waals surface area contributed by atoms with Gasteiger partial charge in [0.05, 0.1) is 23.0 Å². The van der Waals surface area contributed by atoms with Crippen LogP contribution in [-0.2, 0) is 0 Å². The maximum atomic E-state index is 13.6. The summed E-state index contributed by atoms with van der Waals surface area (Å²) >= 11 is 0. The Balaban J connectivity index is 2.30. The maximum absolute atomic E-state index is 13.6. The highest BCUT2D eigenvalue weighted by atomic mass is 19.1. The van der Waals surface area contributed by atoms with Crippen molar-refractivity contribution in [2.24, 2.45) is 0 Å². The molecule has 1 aromatic heterocycles. The van der Waals surface area contributed by atoms with Crippen LogP contribution in [-0.4, -0.2) is 21.3 Å². The van der Waals surface area contributed by atoms with Gasteiger partial charge in [-0.2, -0.15) is 5.10 Å². The van der Waals surface area contributed by atoms with E-state index in [1.54, 1.807) is 13.0 Å². The molecule has 0 saturated carbocycles. The normalized spacial score (nSPS) is 12.2. The van der Waals surface area contributed by atoms with Crippen LogP contribution in [0, 0.1) is 11.6 Å². The third-order valence-electron chi connectivity index (χ3n) is 2.65. The molecule has 0 aliphatic rings. The molecule has 0 fully saturated rings. The van der Waals surface area contributed by atoms with E-state index < -0.39 is 23.2 Å². The largest absolute Gasteiger partial charge is 0.478 e. The summed E-state index contributed by atoms with van der Waals surface area (Å²) in [6, 6.07) is 2.84. The van der Waals surface area contributed by atoms with Crippen molar-refractivity contribution >= 4 is 11.7 Å². The second-order valence-corrected chi connectivity index (χ2v) is 4.00. The molecular formula is C12H11F2N3O2. The average molecular weight is 267 g/mol. The Morgan fingerprint density at radius 2 is 2.16 bits per heavy atom. The zero-order valence-corrected chi connectivity index (χ0v) is 9.95. The number of anilines is 1. The number of H-pyrrole nitrogens is 1. The van der Waals surface area contributed by atoms with Crippen molar-refractivity contribution in [3.8, 4) is 0 Å². The summed E-state index contributed by atoms with van der Waals surface area (Å²) in [5, 5.41) is 18.0. The zero-order chi connectivity index (χ0) is 14.0. The molecule has 0 aliphatic heterocycles. The van der Waals surface area contributed by atoms with Crippen molar-refractivity contribution in [3.63, 3.8) is 0 Å². The summed E-state index contributed by atoms with van der Waals surface area (Å²) in [4.78, 5) is 10.8. The van der Waals surface area contributed by atoms with Crippen LogP contribution in [0.2, 0.25) is 0 Å². The van der Waals surface area contributed by atoms with Gasteiger partial charge in [0.15, 0.2) is 0 Å². The first kappa shape index (κ1) is 13.0. The molecule has 3 N–H and O–H groups in total. The van der Waals surface area contributed by atoms with E-state index in [1.165, 1.54) is 6.20 Å².